The van der Waals surface area contributed by atoms with Crippen molar-refractivity contribution in [1.82, 2.24) is 4.90 Å². The summed E-state index contributed by atoms with van der Waals surface area (Å²) in [4.78, 5) is 2.45. The van der Waals surface area contributed by atoms with E-state index in [0.717, 1.165) is 31.6 Å². The highest BCUT2D eigenvalue weighted by Gasteiger charge is 2.17. The molecule has 1 aromatic carbocycles. The summed E-state index contributed by atoms with van der Waals surface area (Å²) in [6, 6.07) is 2.89. The fraction of sp³-hybridized carbons (Fsp3) is 0.600. The molecule has 0 saturated carbocycles. The average molecular weight is 283 g/mol. The quantitative estimate of drug-likeness (QED) is 0.644. The molecule has 2 rings (SSSR count). The largest absolute Gasteiger partial charge is 0.399 e. The summed E-state index contributed by atoms with van der Waals surface area (Å²) in [7, 11) is 0. The lowest BCUT2D eigenvalue weighted by atomic mass is 10.0. The second-order valence-electron chi connectivity index (χ2n) is 5.52. The molecular weight excluding hydrogens is 260 g/mol. The lowest BCUT2D eigenvalue weighted by Gasteiger charge is -2.33. The van der Waals surface area contributed by atoms with Gasteiger partial charge >= 0.3 is 0 Å². The van der Waals surface area contributed by atoms with Gasteiger partial charge < -0.3 is 16.0 Å². The Morgan fingerprint density at radius 3 is 2.65 bits per heavy atom. The number of hydrogen-bond acceptors (Lipinski definition) is 3. The van der Waals surface area contributed by atoms with Crippen molar-refractivity contribution in [2.75, 3.05) is 30.7 Å². The van der Waals surface area contributed by atoms with Gasteiger partial charge in [-0.2, -0.15) is 0 Å². The van der Waals surface area contributed by atoms with E-state index < -0.39 is 11.6 Å². The molecule has 1 aliphatic rings. The van der Waals surface area contributed by atoms with Crippen LogP contribution < -0.4 is 11.1 Å². The normalized spacial score (nSPS) is 20.1. The zero-order valence-corrected chi connectivity index (χ0v) is 12.0. The van der Waals surface area contributed by atoms with E-state index in [4.69, 9.17) is 5.73 Å². The third kappa shape index (κ3) is 3.82. The van der Waals surface area contributed by atoms with E-state index in [9.17, 15) is 8.78 Å². The highest BCUT2D eigenvalue weighted by Crippen LogP contribution is 2.22. The summed E-state index contributed by atoms with van der Waals surface area (Å²) in [5, 5.41) is 2.83. The molecule has 5 heteroatoms. The summed E-state index contributed by atoms with van der Waals surface area (Å²) in [6.45, 7) is 4.89. The van der Waals surface area contributed by atoms with Gasteiger partial charge in [-0.3, -0.25) is 0 Å². The lowest BCUT2D eigenvalue weighted by molar-refractivity contribution is 0.160. The Bertz CT molecular complexity index is 428. The van der Waals surface area contributed by atoms with Crippen LogP contribution in [0.3, 0.4) is 0 Å². The fourth-order valence-corrected chi connectivity index (χ4v) is 2.75. The van der Waals surface area contributed by atoms with Crippen molar-refractivity contribution < 1.29 is 8.78 Å². The Morgan fingerprint density at radius 1 is 1.30 bits per heavy atom. The molecule has 1 saturated heterocycles. The standard InChI is InChI=1S/C15H23F2N3/c1-11-5-2-3-7-20(11)8-4-6-19-15-13(16)9-12(18)10-14(15)17/h9-11,19H,2-8,18H2,1H3. The summed E-state index contributed by atoms with van der Waals surface area (Å²) in [5.74, 6) is -1.26. The number of nitrogens with zero attached hydrogens (tertiary/aromatic N) is 1. The summed E-state index contributed by atoms with van der Waals surface area (Å²) >= 11 is 0. The Hall–Kier alpha value is -1.36. The van der Waals surface area contributed by atoms with E-state index >= 15 is 0 Å². The van der Waals surface area contributed by atoms with Gasteiger partial charge in [0.15, 0.2) is 11.6 Å². The van der Waals surface area contributed by atoms with Crippen LogP contribution in [0.5, 0.6) is 0 Å². The second kappa shape index (κ2) is 6.88. The zero-order chi connectivity index (χ0) is 14.5. The Balaban J connectivity index is 1.78. The summed E-state index contributed by atoms with van der Waals surface area (Å²) in [6.07, 6.45) is 4.67. The van der Waals surface area contributed by atoms with Gasteiger partial charge in [-0.25, -0.2) is 8.78 Å². The Morgan fingerprint density at radius 2 is 2.00 bits per heavy atom. The molecule has 0 spiro atoms. The monoisotopic (exact) mass is 283 g/mol. The van der Waals surface area contributed by atoms with Crippen LogP contribution in [-0.2, 0) is 0 Å². The molecule has 1 atom stereocenters. The highest BCUT2D eigenvalue weighted by atomic mass is 19.1. The lowest BCUT2D eigenvalue weighted by Crippen LogP contribution is -2.38. The number of benzene rings is 1. The number of nitrogen functional groups attached to an aromatic ring is 1. The van der Waals surface area contributed by atoms with Crippen molar-refractivity contribution in [2.45, 2.75) is 38.6 Å². The first-order valence-corrected chi connectivity index (χ1v) is 7.30. The maximum absolute atomic E-state index is 13.6. The first kappa shape index (κ1) is 15.0. The van der Waals surface area contributed by atoms with Crippen molar-refractivity contribution in [2.24, 2.45) is 0 Å². The molecule has 112 valence electrons. The van der Waals surface area contributed by atoms with Crippen LogP contribution in [-0.4, -0.2) is 30.6 Å². The minimum absolute atomic E-state index is 0.0779. The van der Waals surface area contributed by atoms with Gasteiger partial charge in [0.2, 0.25) is 0 Å². The molecular formula is C15H23F2N3. The van der Waals surface area contributed by atoms with Crippen molar-refractivity contribution in [3.05, 3.63) is 23.8 Å². The van der Waals surface area contributed by atoms with Gasteiger partial charge in [0.05, 0.1) is 0 Å². The minimum Gasteiger partial charge on any atom is -0.399 e. The van der Waals surface area contributed by atoms with Crippen LogP contribution in [0.15, 0.2) is 12.1 Å². The van der Waals surface area contributed by atoms with Crippen molar-refractivity contribution in [3.63, 3.8) is 0 Å². The number of anilines is 2. The summed E-state index contributed by atoms with van der Waals surface area (Å²) < 4.78 is 27.1. The molecule has 0 amide bonds. The predicted octanol–water partition coefficient (Wildman–Crippen LogP) is 3.22. The number of halogens is 2. The second-order valence-corrected chi connectivity index (χ2v) is 5.52. The molecule has 3 nitrogen and oxygen atoms in total. The topological polar surface area (TPSA) is 41.3 Å². The van der Waals surface area contributed by atoms with Crippen LogP contribution in [0, 0.1) is 11.6 Å². The van der Waals surface area contributed by atoms with E-state index in [2.05, 4.69) is 17.1 Å². The fourth-order valence-electron chi connectivity index (χ4n) is 2.75. The van der Waals surface area contributed by atoms with Gasteiger partial charge in [0, 0.05) is 24.8 Å². The number of rotatable bonds is 5. The number of piperidine rings is 1. The van der Waals surface area contributed by atoms with Crippen LogP contribution >= 0.6 is 0 Å². The van der Waals surface area contributed by atoms with E-state index in [1.807, 2.05) is 0 Å². The number of nitrogens with one attached hydrogen (secondary N) is 1. The maximum Gasteiger partial charge on any atom is 0.151 e. The number of nitrogens with two attached hydrogens (primary N) is 1. The molecule has 1 aromatic rings. The van der Waals surface area contributed by atoms with E-state index in [-0.39, 0.29) is 11.4 Å². The molecule has 0 bridgehead atoms. The molecule has 0 aromatic heterocycles. The molecule has 0 aliphatic carbocycles. The first-order chi connectivity index (χ1) is 9.58. The minimum atomic E-state index is -0.631. The summed E-state index contributed by atoms with van der Waals surface area (Å²) in [5.41, 5.74) is 5.41. The molecule has 20 heavy (non-hydrogen) atoms. The molecule has 1 aliphatic heterocycles. The van der Waals surface area contributed by atoms with Gasteiger partial charge in [0.25, 0.3) is 0 Å². The Kier molecular flexibility index (Phi) is 5.17. The number of likely N-dealkylation sites (tertiary alicyclic amines) is 1. The van der Waals surface area contributed by atoms with Gasteiger partial charge in [0.1, 0.15) is 5.69 Å². The Labute approximate surface area is 119 Å². The van der Waals surface area contributed by atoms with Gasteiger partial charge in [-0.1, -0.05) is 6.42 Å². The smallest absolute Gasteiger partial charge is 0.151 e. The van der Waals surface area contributed by atoms with E-state index in [1.165, 1.54) is 19.3 Å². The molecule has 0 radical (unpaired) electrons. The van der Waals surface area contributed by atoms with Gasteiger partial charge in [-0.05, 0) is 44.9 Å². The molecule has 3 N–H and O–H groups in total. The maximum atomic E-state index is 13.6. The molecule has 1 heterocycles. The average Bonchev–Trinajstić information content (AvgIpc) is 2.38. The van der Waals surface area contributed by atoms with Gasteiger partial charge in [-0.15, -0.1) is 0 Å². The third-order valence-corrected chi connectivity index (χ3v) is 3.93. The SMILES string of the molecule is CC1CCCCN1CCCNc1c(F)cc(N)cc1F. The number of hydrogen-bond donors (Lipinski definition) is 2. The van der Waals surface area contributed by atoms with Crippen LogP contribution in [0.4, 0.5) is 20.2 Å². The van der Waals surface area contributed by atoms with Crippen molar-refractivity contribution >= 4 is 11.4 Å². The van der Waals surface area contributed by atoms with Crippen LogP contribution in [0.1, 0.15) is 32.6 Å². The third-order valence-electron chi connectivity index (χ3n) is 3.93. The zero-order valence-electron chi connectivity index (χ0n) is 12.0. The highest BCUT2D eigenvalue weighted by molar-refractivity contribution is 5.53. The predicted molar refractivity (Wildman–Crippen MR) is 78.8 cm³/mol. The van der Waals surface area contributed by atoms with Crippen molar-refractivity contribution in [3.8, 4) is 0 Å². The van der Waals surface area contributed by atoms with E-state index in [0.29, 0.717) is 12.6 Å². The van der Waals surface area contributed by atoms with E-state index in [1.54, 1.807) is 0 Å². The first-order valence-electron chi connectivity index (χ1n) is 7.30. The molecule has 1 fully saturated rings. The van der Waals surface area contributed by atoms with Crippen LogP contribution in [0.2, 0.25) is 0 Å². The van der Waals surface area contributed by atoms with Crippen LogP contribution in [0.25, 0.3) is 0 Å². The van der Waals surface area contributed by atoms with Crippen molar-refractivity contribution in [1.29, 1.82) is 0 Å². The molecule has 1 unspecified atom stereocenters.